The molecule has 1 aliphatic rings. The number of nitrogens with zero attached hydrogens (tertiary/aromatic N) is 2. The molecule has 1 aliphatic heterocycles. The third-order valence-electron chi connectivity index (χ3n) is 4.26. The van der Waals surface area contributed by atoms with Crippen LogP contribution in [-0.2, 0) is 16.1 Å². The number of ether oxygens (including phenoxy) is 2. The molecule has 8 nitrogen and oxygen atoms in total. The van der Waals surface area contributed by atoms with Gasteiger partial charge in [0.05, 0.1) is 17.4 Å². The number of hydrogen-bond donors (Lipinski definition) is 2. The number of carboxylic acid groups (broad SMARTS) is 1. The van der Waals surface area contributed by atoms with E-state index in [2.05, 4.69) is 15.3 Å². The monoisotopic (exact) mass is 397 g/mol. The van der Waals surface area contributed by atoms with Crippen molar-refractivity contribution in [2.24, 2.45) is 0 Å². The highest BCUT2D eigenvalue weighted by atomic mass is 32.2. The minimum absolute atomic E-state index is 0.226. The van der Waals surface area contributed by atoms with Gasteiger partial charge in [0.15, 0.2) is 5.82 Å². The van der Waals surface area contributed by atoms with Gasteiger partial charge in [-0.05, 0) is 24.7 Å². The van der Waals surface area contributed by atoms with E-state index in [0.29, 0.717) is 50.3 Å². The Morgan fingerprint density at radius 2 is 2.12 bits per heavy atom. The van der Waals surface area contributed by atoms with Gasteiger partial charge in [0.1, 0.15) is 17.0 Å². The van der Waals surface area contributed by atoms with Gasteiger partial charge in [-0.2, -0.15) is 16.7 Å². The van der Waals surface area contributed by atoms with E-state index in [1.54, 1.807) is 14.0 Å². The minimum Gasteiger partial charge on any atom is -0.480 e. The average Bonchev–Trinajstić information content (AvgIpc) is 3.20. The number of amides is 1. The molecule has 3 heterocycles. The third kappa shape index (κ3) is 3.24. The molecule has 2 aromatic rings. The maximum Gasteiger partial charge on any atom is 0.330 e. The maximum absolute atomic E-state index is 12.8. The van der Waals surface area contributed by atoms with Crippen molar-refractivity contribution in [2.75, 3.05) is 25.7 Å². The standard InChI is InChI=1S/C16H19N3O5S2/c1-8-10-13(24-3)17-9(6-23-2)18-14(10)26-11(8)12(20)19-16(15(21)22)4-5-25-7-16/h4-7H2,1-3H3,(H,19,20)(H,21,22). The summed E-state index contributed by atoms with van der Waals surface area (Å²) in [7, 11) is 3.05. The first-order chi connectivity index (χ1) is 12.4. The number of aliphatic carboxylic acids is 1. The number of carbonyl (C=O) groups is 2. The van der Waals surface area contributed by atoms with Crippen molar-refractivity contribution >= 4 is 45.2 Å². The summed E-state index contributed by atoms with van der Waals surface area (Å²) in [5.41, 5.74) is -0.545. The first kappa shape index (κ1) is 18.9. The fraction of sp³-hybridized carbons (Fsp3) is 0.500. The molecule has 0 aliphatic carbocycles. The lowest BCUT2D eigenvalue weighted by molar-refractivity contribution is -0.143. The Morgan fingerprint density at radius 3 is 2.69 bits per heavy atom. The van der Waals surface area contributed by atoms with Crippen molar-refractivity contribution < 1.29 is 24.2 Å². The van der Waals surface area contributed by atoms with E-state index in [4.69, 9.17) is 9.47 Å². The molecular weight excluding hydrogens is 378 g/mol. The van der Waals surface area contributed by atoms with E-state index in [9.17, 15) is 14.7 Å². The second-order valence-electron chi connectivity index (χ2n) is 5.96. The van der Waals surface area contributed by atoms with Crippen molar-refractivity contribution in [3.63, 3.8) is 0 Å². The number of methoxy groups -OCH3 is 2. The van der Waals surface area contributed by atoms with Gasteiger partial charge in [-0.25, -0.2) is 9.78 Å². The quantitative estimate of drug-likeness (QED) is 0.760. The summed E-state index contributed by atoms with van der Waals surface area (Å²) in [5, 5.41) is 12.9. The Bertz CT molecular complexity index is 861. The number of hydrogen-bond acceptors (Lipinski definition) is 8. The number of rotatable bonds is 6. The molecule has 1 atom stereocenters. The number of nitrogens with one attached hydrogen (secondary N) is 1. The van der Waals surface area contributed by atoms with Crippen molar-refractivity contribution in [1.29, 1.82) is 0 Å². The van der Waals surface area contributed by atoms with Crippen LogP contribution in [0.5, 0.6) is 5.88 Å². The Labute approximate surface area is 158 Å². The molecular formula is C16H19N3O5S2. The first-order valence-corrected chi connectivity index (χ1v) is 9.85. The Balaban J connectivity index is 2.01. The van der Waals surface area contributed by atoms with Crippen LogP contribution in [0.1, 0.15) is 27.5 Å². The second kappa shape index (κ2) is 7.37. The van der Waals surface area contributed by atoms with E-state index in [0.717, 1.165) is 0 Å². The van der Waals surface area contributed by atoms with E-state index in [1.165, 1.54) is 30.2 Å². The Hall–Kier alpha value is -1.91. The van der Waals surface area contributed by atoms with Crippen LogP contribution >= 0.6 is 23.1 Å². The molecule has 0 saturated carbocycles. The Kier molecular flexibility index (Phi) is 5.35. The van der Waals surface area contributed by atoms with E-state index in [1.807, 2.05) is 0 Å². The molecule has 0 aromatic carbocycles. The molecule has 1 unspecified atom stereocenters. The largest absolute Gasteiger partial charge is 0.480 e. The summed E-state index contributed by atoms with van der Waals surface area (Å²) >= 11 is 2.72. The topological polar surface area (TPSA) is 111 Å². The zero-order valence-corrected chi connectivity index (χ0v) is 16.3. The van der Waals surface area contributed by atoms with Crippen LogP contribution in [0.25, 0.3) is 10.2 Å². The minimum atomic E-state index is -1.22. The van der Waals surface area contributed by atoms with Crippen molar-refractivity contribution in [3.05, 3.63) is 16.3 Å². The molecule has 1 fully saturated rings. The average molecular weight is 397 g/mol. The van der Waals surface area contributed by atoms with Crippen molar-refractivity contribution in [2.45, 2.75) is 25.5 Å². The molecule has 140 valence electrons. The predicted molar refractivity (Wildman–Crippen MR) is 99.2 cm³/mol. The maximum atomic E-state index is 12.8. The molecule has 26 heavy (non-hydrogen) atoms. The van der Waals surface area contributed by atoms with Crippen LogP contribution in [-0.4, -0.2) is 58.2 Å². The van der Waals surface area contributed by atoms with Gasteiger partial charge in [0.2, 0.25) is 5.88 Å². The number of carbonyl (C=O) groups excluding carboxylic acids is 1. The zero-order chi connectivity index (χ0) is 18.9. The molecule has 0 spiro atoms. The SMILES string of the molecule is COCc1nc(OC)c2c(C)c(C(=O)NC3(C(=O)O)CCSC3)sc2n1. The van der Waals surface area contributed by atoms with Gasteiger partial charge in [-0.3, -0.25) is 4.79 Å². The first-order valence-electron chi connectivity index (χ1n) is 7.88. The fourth-order valence-electron chi connectivity index (χ4n) is 2.86. The summed E-state index contributed by atoms with van der Waals surface area (Å²) in [4.78, 5) is 34.3. The van der Waals surface area contributed by atoms with Crippen molar-refractivity contribution in [1.82, 2.24) is 15.3 Å². The van der Waals surface area contributed by atoms with E-state index in [-0.39, 0.29) is 6.61 Å². The number of thioether (sulfide) groups is 1. The van der Waals surface area contributed by atoms with Gasteiger partial charge >= 0.3 is 5.97 Å². The summed E-state index contributed by atoms with van der Waals surface area (Å²) in [6.45, 7) is 2.01. The van der Waals surface area contributed by atoms with Crippen LogP contribution in [0.15, 0.2) is 0 Å². The lowest BCUT2D eigenvalue weighted by Gasteiger charge is -2.24. The summed E-state index contributed by atoms with van der Waals surface area (Å²) in [6.07, 6.45) is 0.407. The summed E-state index contributed by atoms with van der Waals surface area (Å²) < 4.78 is 10.4. The third-order valence-corrected chi connectivity index (χ3v) is 6.63. The zero-order valence-electron chi connectivity index (χ0n) is 14.6. The summed E-state index contributed by atoms with van der Waals surface area (Å²) in [5.74, 6) is 0.482. The van der Waals surface area contributed by atoms with E-state index < -0.39 is 17.4 Å². The number of fused-ring (bicyclic) bond motifs is 1. The molecule has 1 saturated heterocycles. The number of thiophene rings is 1. The second-order valence-corrected chi connectivity index (χ2v) is 8.07. The number of aromatic nitrogens is 2. The molecule has 0 bridgehead atoms. The smallest absolute Gasteiger partial charge is 0.330 e. The van der Waals surface area contributed by atoms with Crippen LogP contribution < -0.4 is 10.1 Å². The molecule has 1 amide bonds. The molecule has 0 radical (unpaired) electrons. The van der Waals surface area contributed by atoms with Crippen LogP contribution in [0.2, 0.25) is 0 Å². The molecule has 2 N–H and O–H groups in total. The number of aryl methyl sites for hydroxylation is 1. The summed E-state index contributed by atoms with van der Waals surface area (Å²) in [6, 6.07) is 0. The highest BCUT2D eigenvalue weighted by Gasteiger charge is 2.43. The van der Waals surface area contributed by atoms with Gasteiger partial charge in [-0.15, -0.1) is 11.3 Å². The highest BCUT2D eigenvalue weighted by molar-refractivity contribution is 7.99. The molecule has 10 heteroatoms. The predicted octanol–water partition coefficient (Wildman–Crippen LogP) is 1.84. The van der Waals surface area contributed by atoms with Gasteiger partial charge in [0.25, 0.3) is 5.91 Å². The number of carboxylic acids is 1. The van der Waals surface area contributed by atoms with Crippen LogP contribution in [0, 0.1) is 6.92 Å². The lowest BCUT2D eigenvalue weighted by Crippen LogP contribution is -2.54. The Morgan fingerprint density at radius 1 is 1.35 bits per heavy atom. The van der Waals surface area contributed by atoms with E-state index >= 15 is 0 Å². The fourth-order valence-corrected chi connectivity index (χ4v) is 5.27. The van der Waals surface area contributed by atoms with Crippen molar-refractivity contribution in [3.8, 4) is 5.88 Å². The van der Waals surface area contributed by atoms with Crippen LogP contribution in [0.4, 0.5) is 0 Å². The molecule has 3 rings (SSSR count). The normalized spacial score (nSPS) is 19.7. The van der Waals surface area contributed by atoms with Crippen LogP contribution in [0.3, 0.4) is 0 Å². The molecule has 2 aromatic heterocycles. The highest BCUT2D eigenvalue weighted by Crippen LogP contribution is 2.36. The van der Waals surface area contributed by atoms with Gasteiger partial charge in [-0.1, -0.05) is 0 Å². The lowest BCUT2D eigenvalue weighted by atomic mass is 9.99. The van der Waals surface area contributed by atoms with Gasteiger partial charge < -0.3 is 19.9 Å². The van der Waals surface area contributed by atoms with Gasteiger partial charge in [0, 0.05) is 12.9 Å².